The summed E-state index contributed by atoms with van der Waals surface area (Å²) < 4.78 is 1.43. The number of hydrogen-bond acceptors (Lipinski definition) is 4. The molecular weight excluding hydrogens is 392 g/mol. The van der Waals surface area contributed by atoms with Crippen molar-refractivity contribution in [2.45, 2.75) is 18.3 Å². The maximum absolute atomic E-state index is 11.5. The highest BCUT2D eigenvalue weighted by atomic mass is 16.6. The van der Waals surface area contributed by atoms with Crippen LogP contribution in [0, 0.1) is 10.1 Å². The van der Waals surface area contributed by atoms with E-state index in [4.69, 9.17) is 0 Å². The van der Waals surface area contributed by atoms with Gasteiger partial charge in [-0.15, -0.1) is 0 Å². The van der Waals surface area contributed by atoms with E-state index >= 15 is 0 Å². The van der Waals surface area contributed by atoms with Gasteiger partial charge in [-0.1, -0.05) is 54.6 Å². The Balaban J connectivity index is 1.55. The standard InChI is InChI=1S/C25H18N2O4/c28-24-22-15-12-18(14-6-2-1-3-7-14)19(13-15)23(22)25(29)26(24)20-10-11-21(27(30)31)17-9-5-4-8-16(17)20/h1-12,15,19,28-29H,13H2/t15-,19-/m1/s1. The molecule has 6 nitrogen and oxygen atoms in total. The summed E-state index contributed by atoms with van der Waals surface area (Å²) in [6.45, 7) is 0. The number of allylic oxidation sites excluding steroid dienone is 2. The lowest BCUT2D eigenvalue weighted by Crippen LogP contribution is -1.99. The van der Waals surface area contributed by atoms with Gasteiger partial charge in [0.15, 0.2) is 0 Å². The Hall–Kier alpha value is -4.06. The molecule has 152 valence electrons. The molecular formula is C25H18N2O4. The van der Waals surface area contributed by atoms with Gasteiger partial charge in [0.25, 0.3) is 5.69 Å². The van der Waals surface area contributed by atoms with E-state index in [0.29, 0.717) is 16.5 Å². The topological polar surface area (TPSA) is 88.5 Å². The third-order valence-electron chi connectivity index (χ3n) is 6.58. The van der Waals surface area contributed by atoms with Crippen LogP contribution in [0.4, 0.5) is 5.69 Å². The molecule has 0 saturated carbocycles. The van der Waals surface area contributed by atoms with Crippen molar-refractivity contribution in [3.05, 3.63) is 99.6 Å². The lowest BCUT2D eigenvalue weighted by Gasteiger charge is -2.15. The van der Waals surface area contributed by atoms with Crippen LogP contribution in [-0.4, -0.2) is 19.7 Å². The van der Waals surface area contributed by atoms with Gasteiger partial charge in [0, 0.05) is 34.4 Å². The molecule has 1 heterocycles. The number of benzene rings is 3. The number of hydrogen-bond donors (Lipinski definition) is 2. The highest BCUT2D eigenvalue weighted by Crippen LogP contribution is 2.62. The third-order valence-corrected chi connectivity index (χ3v) is 6.58. The highest BCUT2D eigenvalue weighted by molar-refractivity contribution is 5.97. The minimum atomic E-state index is -0.419. The van der Waals surface area contributed by atoms with Crippen LogP contribution in [0.2, 0.25) is 0 Å². The van der Waals surface area contributed by atoms with Gasteiger partial charge in [-0.3, -0.25) is 14.7 Å². The van der Waals surface area contributed by atoms with Gasteiger partial charge in [-0.25, -0.2) is 0 Å². The largest absolute Gasteiger partial charge is 0.494 e. The average Bonchev–Trinajstić information content (AvgIpc) is 3.45. The van der Waals surface area contributed by atoms with Crippen molar-refractivity contribution in [3.63, 3.8) is 0 Å². The third kappa shape index (κ3) is 2.33. The minimum absolute atomic E-state index is 0.000497. The molecule has 0 saturated heterocycles. The van der Waals surface area contributed by atoms with Gasteiger partial charge in [-0.05, 0) is 29.7 Å². The number of fused-ring (bicyclic) bond motifs is 6. The van der Waals surface area contributed by atoms with Crippen molar-refractivity contribution in [2.75, 3.05) is 0 Å². The molecule has 0 radical (unpaired) electrons. The zero-order valence-electron chi connectivity index (χ0n) is 16.4. The first kappa shape index (κ1) is 17.8. The molecule has 1 aromatic heterocycles. The number of nitro groups is 1. The molecule has 0 aliphatic heterocycles. The van der Waals surface area contributed by atoms with Gasteiger partial charge in [0.05, 0.1) is 16.0 Å². The summed E-state index contributed by atoms with van der Waals surface area (Å²) in [6, 6.07) is 20.1. The molecule has 2 aliphatic carbocycles. The van der Waals surface area contributed by atoms with Crippen LogP contribution >= 0.6 is 0 Å². The first-order chi connectivity index (χ1) is 15.1. The average molecular weight is 410 g/mol. The number of rotatable bonds is 3. The van der Waals surface area contributed by atoms with Gasteiger partial charge in [0.2, 0.25) is 11.8 Å². The Bertz CT molecular complexity index is 1420. The van der Waals surface area contributed by atoms with E-state index in [2.05, 4.69) is 18.2 Å². The number of non-ortho nitro benzene ring substituents is 1. The van der Waals surface area contributed by atoms with Gasteiger partial charge >= 0.3 is 0 Å². The zero-order chi connectivity index (χ0) is 21.3. The zero-order valence-corrected chi connectivity index (χ0v) is 16.4. The summed E-state index contributed by atoms with van der Waals surface area (Å²) in [4.78, 5) is 11.0. The van der Waals surface area contributed by atoms with Crippen LogP contribution in [0.25, 0.3) is 22.0 Å². The predicted molar refractivity (Wildman–Crippen MR) is 118 cm³/mol. The molecule has 6 heteroatoms. The predicted octanol–water partition coefficient (Wildman–Crippen LogP) is 5.62. The second-order valence-electron chi connectivity index (χ2n) is 8.10. The fourth-order valence-corrected chi connectivity index (χ4v) is 5.33. The van der Waals surface area contributed by atoms with Crippen LogP contribution in [0.3, 0.4) is 0 Å². The number of nitro benzene ring substituents is 1. The molecule has 2 atom stereocenters. The van der Waals surface area contributed by atoms with Crippen LogP contribution in [-0.2, 0) is 0 Å². The molecule has 3 aromatic carbocycles. The van der Waals surface area contributed by atoms with Crippen molar-refractivity contribution >= 4 is 22.0 Å². The van der Waals surface area contributed by atoms with Crippen LogP contribution in [0.5, 0.6) is 11.8 Å². The lowest BCUT2D eigenvalue weighted by molar-refractivity contribution is -0.383. The molecule has 0 fully saturated rings. The minimum Gasteiger partial charge on any atom is -0.494 e. The molecule has 6 rings (SSSR count). The van der Waals surface area contributed by atoms with E-state index in [1.807, 2.05) is 18.2 Å². The summed E-state index contributed by atoms with van der Waals surface area (Å²) in [5.41, 5.74) is 4.31. The normalized spacial score (nSPS) is 18.9. The molecule has 0 spiro atoms. The quantitative estimate of drug-likeness (QED) is 0.339. The number of nitrogens with zero attached hydrogens (tertiary/aromatic N) is 2. The molecule has 0 unspecified atom stereocenters. The Labute approximate surface area is 177 Å². The molecule has 2 bridgehead atoms. The van der Waals surface area contributed by atoms with E-state index in [1.54, 1.807) is 30.3 Å². The van der Waals surface area contributed by atoms with E-state index in [1.165, 1.54) is 16.2 Å². The van der Waals surface area contributed by atoms with Gasteiger partial charge < -0.3 is 10.2 Å². The first-order valence-electron chi connectivity index (χ1n) is 10.2. The van der Waals surface area contributed by atoms with Crippen molar-refractivity contribution in [2.24, 2.45) is 0 Å². The Morgan fingerprint density at radius 1 is 0.871 bits per heavy atom. The fraction of sp³-hybridized carbons (Fsp3) is 0.120. The highest BCUT2D eigenvalue weighted by Gasteiger charge is 2.45. The maximum Gasteiger partial charge on any atom is 0.277 e. The monoisotopic (exact) mass is 410 g/mol. The summed E-state index contributed by atoms with van der Waals surface area (Å²) in [5.74, 6) is 0.0495. The summed E-state index contributed by atoms with van der Waals surface area (Å²) in [5, 5.41) is 34.9. The summed E-state index contributed by atoms with van der Waals surface area (Å²) in [6.07, 6.45) is 3.01. The van der Waals surface area contributed by atoms with Gasteiger partial charge in [0.1, 0.15) is 0 Å². The van der Waals surface area contributed by atoms with E-state index < -0.39 is 4.92 Å². The van der Waals surface area contributed by atoms with E-state index in [9.17, 15) is 20.3 Å². The summed E-state index contributed by atoms with van der Waals surface area (Å²) >= 11 is 0. The van der Waals surface area contributed by atoms with Crippen molar-refractivity contribution in [1.29, 1.82) is 0 Å². The first-order valence-corrected chi connectivity index (χ1v) is 10.2. The maximum atomic E-state index is 11.5. The Morgan fingerprint density at radius 2 is 1.55 bits per heavy atom. The van der Waals surface area contributed by atoms with E-state index in [-0.39, 0.29) is 29.3 Å². The van der Waals surface area contributed by atoms with Crippen LogP contribution in [0.15, 0.2) is 72.8 Å². The molecule has 0 amide bonds. The molecule has 31 heavy (non-hydrogen) atoms. The van der Waals surface area contributed by atoms with Crippen molar-refractivity contribution < 1.29 is 15.1 Å². The Kier molecular flexibility index (Phi) is 3.56. The van der Waals surface area contributed by atoms with Crippen LogP contribution < -0.4 is 0 Å². The van der Waals surface area contributed by atoms with Crippen molar-refractivity contribution in [1.82, 2.24) is 4.57 Å². The van der Waals surface area contributed by atoms with Crippen molar-refractivity contribution in [3.8, 4) is 17.4 Å². The SMILES string of the molecule is O=[N+]([O-])c1ccc(-n2c(O)c3c(c2O)[C@@H]2C[C@H]3C=C2c2ccccc2)c2ccccc12. The van der Waals surface area contributed by atoms with E-state index in [0.717, 1.165) is 23.1 Å². The molecule has 2 N–H and O–H groups in total. The lowest BCUT2D eigenvalue weighted by atomic mass is 9.89. The van der Waals surface area contributed by atoms with Gasteiger partial charge in [-0.2, -0.15) is 0 Å². The fourth-order valence-electron chi connectivity index (χ4n) is 5.33. The smallest absolute Gasteiger partial charge is 0.277 e. The molecule has 2 aliphatic rings. The second-order valence-corrected chi connectivity index (χ2v) is 8.10. The number of aromatic hydroxyl groups is 2. The Morgan fingerprint density at radius 3 is 2.29 bits per heavy atom. The van der Waals surface area contributed by atoms with Crippen LogP contribution in [0.1, 0.15) is 34.9 Å². The number of aromatic nitrogens is 1. The summed E-state index contributed by atoms with van der Waals surface area (Å²) in [7, 11) is 0. The molecule has 4 aromatic rings. The second kappa shape index (κ2) is 6.22.